The molecule has 7 nitrogen and oxygen atoms in total. The molecule has 0 radical (unpaired) electrons. The molecule has 5 aliphatic heterocycles. The van der Waals surface area contributed by atoms with Crippen LogP contribution in [0, 0.1) is 0 Å². The van der Waals surface area contributed by atoms with Crippen molar-refractivity contribution in [2.24, 2.45) is 9.98 Å². The van der Waals surface area contributed by atoms with E-state index in [1.54, 1.807) is 0 Å². The highest BCUT2D eigenvalue weighted by molar-refractivity contribution is 6.05. The average molecular weight is 756 g/mol. The fraction of sp³-hybridized carbons (Fsp3) is 0.360. The van der Waals surface area contributed by atoms with Gasteiger partial charge in [0.05, 0.1) is 18.0 Å². The molecule has 0 saturated carbocycles. The van der Waals surface area contributed by atoms with Crippen molar-refractivity contribution in [3.8, 4) is 11.1 Å². The van der Waals surface area contributed by atoms with Crippen LogP contribution in [0.2, 0.25) is 0 Å². The van der Waals surface area contributed by atoms with Crippen molar-refractivity contribution in [2.45, 2.75) is 88.8 Å². The van der Waals surface area contributed by atoms with Crippen LogP contribution in [0.4, 0.5) is 0 Å². The first-order valence-electron chi connectivity index (χ1n) is 21.2. The second kappa shape index (κ2) is 16.6. The van der Waals surface area contributed by atoms with E-state index in [-0.39, 0.29) is 35.9 Å². The van der Waals surface area contributed by atoms with Crippen molar-refractivity contribution >= 4 is 34.4 Å². The molecule has 0 unspecified atom stereocenters. The third-order valence-electron chi connectivity index (χ3n) is 13.0. The molecule has 5 aliphatic rings. The maximum Gasteiger partial charge on any atom is 0.245 e. The topological polar surface area (TPSA) is 68.6 Å². The molecule has 0 aliphatic carbocycles. The number of carbonyl (C=O) groups is 2. The van der Waals surface area contributed by atoms with E-state index in [0.717, 1.165) is 100 Å². The summed E-state index contributed by atoms with van der Waals surface area (Å²) in [5.74, 6) is 0.266. The molecule has 0 bridgehead atoms. The van der Waals surface area contributed by atoms with Gasteiger partial charge in [-0.25, -0.2) is 0 Å². The van der Waals surface area contributed by atoms with E-state index in [2.05, 4.69) is 87.5 Å². The summed E-state index contributed by atoms with van der Waals surface area (Å²) >= 11 is 0. The number of nitrogens with zero attached hydrogens (tertiary/aromatic N) is 5. The Bertz CT molecular complexity index is 2200. The third-order valence-corrected chi connectivity index (χ3v) is 13.0. The van der Waals surface area contributed by atoms with Gasteiger partial charge in [0.15, 0.2) is 0 Å². The number of rotatable bonds is 10. The Morgan fingerprint density at radius 2 is 0.982 bits per heavy atom. The molecule has 0 spiro atoms. The fourth-order valence-corrected chi connectivity index (χ4v) is 9.77. The minimum absolute atomic E-state index is 0.0550. The largest absolute Gasteiger partial charge is 0.334 e. The van der Waals surface area contributed by atoms with Gasteiger partial charge >= 0.3 is 0 Å². The standard InChI is InChI=1S/C50H53N5O2/c1-35(36-13-5-2-6-14-36)49(56)54-29-11-17-46(54)44-31-42(33-51-44)39-23-19-37(20-24-39)38-21-25-40(26-22-38)43-32-45(52-34-43)47-18-12-30-55(47)50(57)48(41-15-7-3-8-16-41)53-27-9-4-10-28-53/h2-3,5-8,13-16,19-26,33-35,46-48H,4,9-12,17-18,27-32H2,1H3/t35-,46+,47+,48-/m1/s1. The first kappa shape index (κ1) is 37.2. The third kappa shape index (κ3) is 7.70. The summed E-state index contributed by atoms with van der Waals surface area (Å²) in [5, 5.41) is 0. The molecule has 0 N–H and O–H groups in total. The monoisotopic (exact) mass is 755 g/mol. The van der Waals surface area contributed by atoms with Crippen LogP contribution in [0.15, 0.2) is 132 Å². The number of aliphatic imine (C=N–C) groups is 2. The van der Waals surface area contributed by atoms with E-state index in [0.29, 0.717) is 0 Å². The number of amides is 2. The van der Waals surface area contributed by atoms with Crippen molar-refractivity contribution in [1.29, 1.82) is 0 Å². The van der Waals surface area contributed by atoms with Gasteiger partial charge in [-0.1, -0.05) is 116 Å². The van der Waals surface area contributed by atoms with Crippen LogP contribution in [0.5, 0.6) is 0 Å². The van der Waals surface area contributed by atoms with Gasteiger partial charge in [-0.3, -0.25) is 24.5 Å². The molecule has 0 aromatic heterocycles. The SMILES string of the molecule is C[C@@H](C(=O)N1CCC[C@H]1C1=NC=C(c2ccc(-c3ccc(C4=CN=C([C@@H]5CCCN5C(=O)[C@@H](c5ccccc5)N5CCCCC5)C4)cc3)cc2)C1)c1ccccc1. The Morgan fingerprint density at radius 3 is 1.49 bits per heavy atom. The van der Waals surface area contributed by atoms with Gasteiger partial charge in [0.25, 0.3) is 0 Å². The zero-order valence-electron chi connectivity index (χ0n) is 33.1. The van der Waals surface area contributed by atoms with Crippen LogP contribution in [0.25, 0.3) is 22.3 Å². The van der Waals surface area contributed by atoms with Gasteiger partial charge < -0.3 is 9.80 Å². The lowest BCUT2D eigenvalue weighted by Crippen LogP contribution is -2.48. The van der Waals surface area contributed by atoms with Gasteiger partial charge in [0.2, 0.25) is 11.8 Å². The van der Waals surface area contributed by atoms with E-state index in [9.17, 15) is 9.59 Å². The van der Waals surface area contributed by atoms with E-state index in [4.69, 9.17) is 9.98 Å². The van der Waals surface area contributed by atoms with Gasteiger partial charge in [-0.2, -0.15) is 0 Å². The summed E-state index contributed by atoms with van der Waals surface area (Å²) in [6.45, 7) is 5.56. The second-order valence-corrected chi connectivity index (χ2v) is 16.5. The summed E-state index contributed by atoms with van der Waals surface area (Å²) in [5.41, 5.74) is 11.5. The number of benzene rings is 4. The zero-order valence-corrected chi connectivity index (χ0v) is 33.1. The lowest BCUT2D eigenvalue weighted by atomic mass is 9.94. The summed E-state index contributed by atoms with van der Waals surface area (Å²) < 4.78 is 0. The summed E-state index contributed by atoms with van der Waals surface area (Å²) in [6, 6.07) is 38.0. The molecule has 3 saturated heterocycles. The highest BCUT2D eigenvalue weighted by atomic mass is 16.2. The second-order valence-electron chi connectivity index (χ2n) is 16.5. The Balaban J connectivity index is 0.808. The summed E-state index contributed by atoms with van der Waals surface area (Å²) in [7, 11) is 0. The molecule has 290 valence electrons. The van der Waals surface area contributed by atoms with Gasteiger partial charge in [0, 0.05) is 49.8 Å². The van der Waals surface area contributed by atoms with Crippen LogP contribution in [0.3, 0.4) is 0 Å². The van der Waals surface area contributed by atoms with E-state index < -0.39 is 0 Å². The predicted molar refractivity (Wildman–Crippen MR) is 231 cm³/mol. The highest BCUT2D eigenvalue weighted by Gasteiger charge is 2.40. The number of likely N-dealkylation sites (tertiary alicyclic amines) is 3. The normalized spacial score (nSPS) is 22.2. The molecular weight excluding hydrogens is 703 g/mol. The number of hydrogen-bond acceptors (Lipinski definition) is 5. The Kier molecular flexibility index (Phi) is 10.8. The minimum Gasteiger partial charge on any atom is -0.334 e. The predicted octanol–water partition coefficient (Wildman–Crippen LogP) is 9.74. The molecule has 5 heterocycles. The molecule has 2 amide bonds. The molecule has 9 rings (SSSR count). The van der Waals surface area contributed by atoms with Crippen LogP contribution < -0.4 is 0 Å². The number of hydrogen-bond donors (Lipinski definition) is 0. The van der Waals surface area contributed by atoms with Crippen molar-refractivity contribution in [1.82, 2.24) is 14.7 Å². The van der Waals surface area contributed by atoms with Crippen LogP contribution in [-0.4, -0.2) is 76.2 Å². The first-order valence-corrected chi connectivity index (χ1v) is 21.2. The molecule has 4 aromatic carbocycles. The molecule has 4 atom stereocenters. The number of allylic oxidation sites excluding steroid dienone is 2. The van der Waals surface area contributed by atoms with E-state index >= 15 is 0 Å². The van der Waals surface area contributed by atoms with Crippen molar-refractivity contribution in [2.75, 3.05) is 26.2 Å². The zero-order chi connectivity index (χ0) is 38.7. The maximum absolute atomic E-state index is 14.4. The smallest absolute Gasteiger partial charge is 0.245 e. The average Bonchev–Trinajstić information content (AvgIpc) is 4.12. The van der Waals surface area contributed by atoms with E-state index in [1.165, 1.54) is 39.8 Å². The Labute approximate surface area is 337 Å². The number of piperidine rings is 1. The van der Waals surface area contributed by atoms with Crippen molar-refractivity contribution in [3.63, 3.8) is 0 Å². The van der Waals surface area contributed by atoms with E-state index in [1.807, 2.05) is 55.7 Å². The molecule has 7 heteroatoms. The molecule has 4 aromatic rings. The van der Waals surface area contributed by atoms with Crippen molar-refractivity contribution < 1.29 is 9.59 Å². The Morgan fingerprint density at radius 1 is 0.526 bits per heavy atom. The maximum atomic E-state index is 14.4. The minimum atomic E-state index is -0.224. The van der Waals surface area contributed by atoms with Crippen LogP contribution >= 0.6 is 0 Å². The summed E-state index contributed by atoms with van der Waals surface area (Å²) in [4.78, 5) is 44.4. The van der Waals surface area contributed by atoms with Gasteiger partial charge in [0.1, 0.15) is 6.04 Å². The molecule has 3 fully saturated rings. The quantitative estimate of drug-likeness (QED) is 0.162. The summed E-state index contributed by atoms with van der Waals surface area (Å²) in [6.07, 6.45) is 13.1. The van der Waals surface area contributed by atoms with Gasteiger partial charge in [-0.15, -0.1) is 0 Å². The Hall–Kier alpha value is -5.40. The fourth-order valence-electron chi connectivity index (χ4n) is 9.77. The van der Waals surface area contributed by atoms with Crippen LogP contribution in [-0.2, 0) is 9.59 Å². The lowest BCUT2D eigenvalue weighted by molar-refractivity contribution is -0.137. The number of carbonyl (C=O) groups excluding carboxylic acids is 2. The van der Waals surface area contributed by atoms with Crippen LogP contribution in [0.1, 0.15) is 98.9 Å². The molecule has 57 heavy (non-hydrogen) atoms. The first-order chi connectivity index (χ1) is 28.0. The highest BCUT2D eigenvalue weighted by Crippen LogP contribution is 2.36. The lowest BCUT2D eigenvalue weighted by Gasteiger charge is -2.37. The van der Waals surface area contributed by atoms with Gasteiger partial charge in [-0.05, 0) is 103 Å². The van der Waals surface area contributed by atoms with Crippen molar-refractivity contribution in [3.05, 3.63) is 144 Å². The molecular formula is C50H53N5O2.